The molecule has 2 aliphatic rings. The summed E-state index contributed by atoms with van der Waals surface area (Å²) in [7, 11) is -0.228. The predicted octanol–water partition coefficient (Wildman–Crippen LogP) is 4.29. The van der Waals surface area contributed by atoms with Crippen molar-refractivity contribution in [3.05, 3.63) is 35.4 Å². The molecule has 0 amide bonds. The molecule has 1 N–H and O–H groups in total. The SMILES string of the molecule is CP1C(O)CCC1c1ccc(CCC2CC2)cc1. The summed E-state index contributed by atoms with van der Waals surface area (Å²) in [6, 6.07) is 9.24. The normalized spacial score (nSPS) is 31.8. The van der Waals surface area contributed by atoms with Crippen molar-refractivity contribution in [2.24, 2.45) is 5.92 Å². The second-order valence-electron chi connectivity index (χ2n) is 5.96. The van der Waals surface area contributed by atoms with Crippen LogP contribution in [0.15, 0.2) is 24.3 Å². The third-order valence-electron chi connectivity index (χ3n) is 4.56. The van der Waals surface area contributed by atoms with E-state index in [-0.39, 0.29) is 13.8 Å². The topological polar surface area (TPSA) is 20.2 Å². The lowest BCUT2D eigenvalue weighted by Gasteiger charge is -2.18. The predicted molar refractivity (Wildman–Crippen MR) is 78.3 cm³/mol. The lowest BCUT2D eigenvalue weighted by atomic mass is 10.0. The van der Waals surface area contributed by atoms with Crippen LogP contribution in [0.25, 0.3) is 0 Å². The highest BCUT2D eigenvalue weighted by atomic mass is 31.1. The maximum absolute atomic E-state index is 9.87. The largest absolute Gasteiger partial charge is 0.389 e. The number of hydrogen-bond acceptors (Lipinski definition) is 1. The second kappa shape index (κ2) is 5.31. The Morgan fingerprint density at radius 3 is 2.39 bits per heavy atom. The molecule has 3 rings (SSSR count). The zero-order valence-corrected chi connectivity index (χ0v) is 12.1. The second-order valence-corrected chi connectivity index (χ2v) is 8.51. The van der Waals surface area contributed by atoms with Gasteiger partial charge in [0.25, 0.3) is 0 Å². The molecule has 1 aromatic carbocycles. The fourth-order valence-electron chi connectivity index (χ4n) is 3.01. The van der Waals surface area contributed by atoms with Crippen molar-refractivity contribution in [3.8, 4) is 0 Å². The van der Waals surface area contributed by atoms with Gasteiger partial charge in [0.1, 0.15) is 0 Å². The molecule has 3 atom stereocenters. The van der Waals surface area contributed by atoms with Crippen LogP contribution in [0.4, 0.5) is 0 Å². The summed E-state index contributed by atoms with van der Waals surface area (Å²) in [5.74, 6) is 0.998. The smallest absolute Gasteiger partial charge is 0.0734 e. The van der Waals surface area contributed by atoms with E-state index < -0.39 is 0 Å². The van der Waals surface area contributed by atoms with E-state index in [0.29, 0.717) is 5.66 Å². The van der Waals surface area contributed by atoms with Crippen molar-refractivity contribution >= 4 is 7.92 Å². The number of aliphatic hydroxyl groups is 1. The zero-order chi connectivity index (χ0) is 12.5. The van der Waals surface area contributed by atoms with E-state index in [0.717, 1.165) is 12.3 Å². The van der Waals surface area contributed by atoms with Gasteiger partial charge in [-0.1, -0.05) is 45.0 Å². The molecule has 1 nitrogen and oxygen atoms in total. The van der Waals surface area contributed by atoms with E-state index in [2.05, 4.69) is 30.9 Å². The van der Waals surface area contributed by atoms with E-state index in [1.807, 2.05) is 0 Å². The maximum atomic E-state index is 9.87. The van der Waals surface area contributed by atoms with Crippen LogP contribution in [0.1, 0.15) is 48.9 Å². The van der Waals surface area contributed by atoms with Gasteiger partial charge in [0.05, 0.1) is 5.85 Å². The standard InChI is InChI=1S/C16H23OP/c1-18-15(10-11-16(18)17)14-8-6-13(7-9-14)5-4-12-2-3-12/h6-9,12,15-17H,2-5,10-11H2,1H3. The molecule has 1 aliphatic heterocycles. The van der Waals surface area contributed by atoms with Crippen LogP contribution >= 0.6 is 7.92 Å². The van der Waals surface area contributed by atoms with Crippen molar-refractivity contribution in [2.45, 2.75) is 50.0 Å². The van der Waals surface area contributed by atoms with Gasteiger partial charge >= 0.3 is 0 Å². The lowest BCUT2D eigenvalue weighted by molar-refractivity contribution is 0.255. The van der Waals surface area contributed by atoms with Gasteiger partial charge in [-0.05, 0) is 49.4 Å². The maximum Gasteiger partial charge on any atom is 0.0734 e. The number of benzene rings is 1. The monoisotopic (exact) mass is 262 g/mol. The molecule has 2 heteroatoms. The van der Waals surface area contributed by atoms with Crippen molar-refractivity contribution in [1.82, 2.24) is 0 Å². The molecule has 18 heavy (non-hydrogen) atoms. The Morgan fingerprint density at radius 2 is 1.83 bits per heavy atom. The third-order valence-corrected chi connectivity index (χ3v) is 7.30. The molecule has 1 saturated carbocycles. The number of rotatable bonds is 4. The van der Waals surface area contributed by atoms with Gasteiger partial charge in [0.15, 0.2) is 0 Å². The highest BCUT2D eigenvalue weighted by Crippen LogP contribution is 2.60. The molecular formula is C16H23OP. The summed E-state index contributed by atoms with van der Waals surface area (Å²) in [6.07, 6.45) is 7.71. The first kappa shape index (κ1) is 12.6. The number of aliphatic hydroxyl groups excluding tert-OH is 1. The summed E-state index contributed by atoms with van der Waals surface area (Å²) in [5.41, 5.74) is 3.58. The Morgan fingerprint density at radius 1 is 1.11 bits per heavy atom. The van der Waals surface area contributed by atoms with Gasteiger partial charge in [-0.3, -0.25) is 0 Å². The van der Waals surface area contributed by atoms with Gasteiger partial charge in [-0.25, -0.2) is 0 Å². The highest BCUT2D eigenvalue weighted by Gasteiger charge is 2.31. The van der Waals surface area contributed by atoms with E-state index in [4.69, 9.17) is 0 Å². The summed E-state index contributed by atoms with van der Waals surface area (Å²) in [6.45, 7) is 2.25. The van der Waals surface area contributed by atoms with E-state index in [1.165, 1.54) is 43.2 Å². The Hall–Kier alpha value is -0.390. The third kappa shape index (κ3) is 2.78. The van der Waals surface area contributed by atoms with Gasteiger partial charge in [-0.2, -0.15) is 0 Å². The molecular weight excluding hydrogens is 239 g/mol. The summed E-state index contributed by atoms with van der Waals surface area (Å²) < 4.78 is 0. The number of aryl methyl sites for hydroxylation is 1. The molecule has 0 aromatic heterocycles. The quantitative estimate of drug-likeness (QED) is 0.802. The van der Waals surface area contributed by atoms with Crippen molar-refractivity contribution in [2.75, 3.05) is 6.66 Å². The first-order valence-corrected chi connectivity index (χ1v) is 9.15. The molecule has 0 bridgehead atoms. The lowest BCUT2D eigenvalue weighted by Crippen LogP contribution is -1.97. The van der Waals surface area contributed by atoms with Gasteiger partial charge in [-0.15, -0.1) is 0 Å². The summed E-state index contributed by atoms with van der Waals surface area (Å²) >= 11 is 0. The van der Waals surface area contributed by atoms with Crippen LogP contribution in [0.5, 0.6) is 0 Å². The van der Waals surface area contributed by atoms with Crippen LogP contribution in [0, 0.1) is 5.92 Å². The van der Waals surface area contributed by atoms with E-state index in [9.17, 15) is 5.11 Å². The molecule has 1 saturated heterocycles. The Bertz CT molecular complexity index is 396. The minimum absolute atomic E-state index is 0.0282. The zero-order valence-electron chi connectivity index (χ0n) is 11.2. The van der Waals surface area contributed by atoms with Crippen molar-refractivity contribution in [1.29, 1.82) is 0 Å². The average molecular weight is 262 g/mol. The van der Waals surface area contributed by atoms with Crippen LogP contribution < -0.4 is 0 Å². The Kier molecular flexibility index (Phi) is 3.73. The molecule has 1 aromatic rings. The molecule has 1 aliphatic carbocycles. The first-order chi connectivity index (χ1) is 8.74. The molecule has 0 radical (unpaired) electrons. The molecule has 2 fully saturated rings. The minimum Gasteiger partial charge on any atom is -0.389 e. The molecule has 3 unspecified atom stereocenters. The molecule has 98 valence electrons. The van der Waals surface area contributed by atoms with Crippen molar-refractivity contribution < 1.29 is 5.11 Å². The fraction of sp³-hybridized carbons (Fsp3) is 0.625. The average Bonchev–Trinajstić information content (AvgIpc) is 3.16. The van der Waals surface area contributed by atoms with E-state index in [1.54, 1.807) is 0 Å². The minimum atomic E-state index is -0.228. The fourth-order valence-corrected chi connectivity index (χ4v) is 5.18. The Labute approximate surface area is 111 Å². The Balaban J connectivity index is 1.62. The summed E-state index contributed by atoms with van der Waals surface area (Å²) in [4.78, 5) is 0. The van der Waals surface area contributed by atoms with Gasteiger partial charge in [0.2, 0.25) is 0 Å². The van der Waals surface area contributed by atoms with E-state index >= 15 is 0 Å². The van der Waals surface area contributed by atoms with Gasteiger partial charge < -0.3 is 5.11 Å². The molecule has 1 heterocycles. The van der Waals surface area contributed by atoms with Gasteiger partial charge in [0, 0.05) is 5.66 Å². The van der Waals surface area contributed by atoms with Crippen molar-refractivity contribution in [3.63, 3.8) is 0 Å². The van der Waals surface area contributed by atoms with Crippen LogP contribution in [0.2, 0.25) is 0 Å². The highest BCUT2D eigenvalue weighted by molar-refractivity contribution is 7.58. The summed E-state index contributed by atoms with van der Waals surface area (Å²) in [5, 5.41) is 9.87. The van der Waals surface area contributed by atoms with Crippen LogP contribution in [-0.4, -0.2) is 17.6 Å². The van der Waals surface area contributed by atoms with Crippen LogP contribution in [0.3, 0.4) is 0 Å². The molecule has 0 spiro atoms. The first-order valence-electron chi connectivity index (χ1n) is 7.23. The number of hydrogen-bond donors (Lipinski definition) is 1. The van der Waals surface area contributed by atoms with Crippen LogP contribution in [-0.2, 0) is 6.42 Å².